The number of aliphatic hydroxyl groups is 7. The molecular weight excluding hydrogens is 568 g/mol. The highest BCUT2D eigenvalue weighted by Gasteiger charge is 2.54. The Kier molecular flexibility index (Phi) is 11.5. The van der Waals surface area contributed by atoms with Crippen LogP contribution in [0.5, 0.6) is 0 Å². The van der Waals surface area contributed by atoms with Crippen molar-refractivity contribution in [1.29, 1.82) is 0 Å². The predicted octanol–water partition coefficient (Wildman–Crippen LogP) is -8.90. The average Bonchev–Trinajstić information content (AvgIpc) is 3.27. The Morgan fingerprint density at radius 2 is 0.976 bits per heavy atom. The van der Waals surface area contributed by atoms with Crippen molar-refractivity contribution in [2.45, 2.75) is 123 Å². The molecule has 0 bridgehead atoms. The second kappa shape index (κ2) is 14.1. The van der Waals surface area contributed by atoms with E-state index in [2.05, 4.69) is 0 Å². The minimum Gasteiger partial charge on any atom is -0.394 e. The fraction of sp³-hybridized carbons (Fsp3) is 1.00. The molecule has 0 aromatic rings. The molecule has 3 heterocycles. The summed E-state index contributed by atoms with van der Waals surface area (Å²) in [5, 5.41) is 73.0. The molecule has 4 rings (SSSR count). The Balaban J connectivity index is 1.50. The summed E-state index contributed by atoms with van der Waals surface area (Å²) in [7, 11) is 0. The molecule has 246 valence electrons. The lowest BCUT2D eigenvalue weighted by molar-refractivity contribution is -0.306. The van der Waals surface area contributed by atoms with E-state index in [-0.39, 0.29) is 19.5 Å². The van der Waals surface area contributed by atoms with E-state index in [0.29, 0.717) is 0 Å². The molecule has 1 saturated carbocycles. The van der Waals surface area contributed by atoms with Crippen LogP contribution in [0.1, 0.15) is 6.42 Å². The van der Waals surface area contributed by atoms with E-state index in [9.17, 15) is 35.7 Å². The zero-order valence-electron chi connectivity index (χ0n) is 22.8. The Morgan fingerprint density at radius 3 is 1.45 bits per heavy atom. The molecule has 1 aliphatic carbocycles. The zero-order chi connectivity index (χ0) is 31.0. The monoisotopic (exact) mass is 614 g/mol. The quantitative estimate of drug-likeness (QED) is 0.115. The lowest BCUT2D eigenvalue weighted by Gasteiger charge is -2.47. The van der Waals surface area contributed by atoms with Gasteiger partial charge in [-0.2, -0.15) is 0 Å². The molecule has 19 heteroatoms. The van der Waals surface area contributed by atoms with Crippen molar-refractivity contribution in [3.05, 3.63) is 0 Å². The summed E-state index contributed by atoms with van der Waals surface area (Å²) in [6, 6.07) is -4.18. The van der Waals surface area contributed by atoms with Gasteiger partial charge >= 0.3 is 0 Å². The maximum Gasteiger partial charge on any atom is 0.187 e. The van der Waals surface area contributed by atoms with Crippen LogP contribution in [-0.4, -0.2) is 172 Å². The number of hydrogen-bond donors (Lipinski definition) is 13. The Labute approximate surface area is 241 Å². The van der Waals surface area contributed by atoms with Crippen LogP contribution in [0.25, 0.3) is 0 Å². The molecule has 19 N–H and O–H groups in total. The smallest absolute Gasteiger partial charge is 0.187 e. The molecule has 4 aliphatic rings. The van der Waals surface area contributed by atoms with Crippen LogP contribution in [-0.2, 0) is 28.4 Å². The molecule has 19 atom stereocenters. The van der Waals surface area contributed by atoms with E-state index in [1.807, 2.05) is 0 Å². The third-order valence-electron chi connectivity index (χ3n) is 8.37. The van der Waals surface area contributed by atoms with Crippen molar-refractivity contribution in [3.8, 4) is 0 Å². The van der Waals surface area contributed by atoms with E-state index >= 15 is 0 Å². The predicted molar refractivity (Wildman–Crippen MR) is 138 cm³/mol. The van der Waals surface area contributed by atoms with E-state index in [1.165, 1.54) is 0 Å². The van der Waals surface area contributed by atoms with Gasteiger partial charge in [0.05, 0.1) is 24.8 Å². The van der Waals surface area contributed by atoms with Crippen LogP contribution < -0.4 is 34.4 Å². The first-order valence-electron chi connectivity index (χ1n) is 13.9. The SMILES string of the molecule is NC[C@@H]1O[C@H](O[C@H]2[C@@H](O[C@@H]3O[C@H](CO)[C@H](O[C@@H]4O[C@H](CN)[C@H](O)[C@H](O)[C@@H]4N)[C@@H]3O)[C@@H](O)[C@@H](N)C[C@H]2N)[C@H](N)[C@@H](O)[C@@H]1O. The summed E-state index contributed by atoms with van der Waals surface area (Å²) in [6.45, 7) is -0.967. The number of hydrogen-bond acceptors (Lipinski definition) is 19. The van der Waals surface area contributed by atoms with Crippen molar-refractivity contribution in [3.63, 3.8) is 0 Å². The van der Waals surface area contributed by atoms with Gasteiger partial charge in [0.1, 0.15) is 67.1 Å². The van der Waals surface area contributed by atoms with E-state index in [0.717, 1.165) is 0 Å². The fourth-order valence-corrected chi connectivity index (χ4v) is 5.74. The zero-order valence-corrected chi connectivity index (χ0v) is 22.8. The van der Waals surface area contributed by atoms with Gasteiger partial charge in [-0.15, -0.1) is 0 Å². The second-order valence-electron chi connectivity index (χ2n) is 11.2. The van der Waals surface area contributed by atoms with E-state index in [4.69, 9.17) is 62.8 Å². The number of nitrogens with two attached hydrogens (primary N) is 6. The lowest BCUT2D eigenvalue weighted by atomic mass is 9.84. The van der Waals surface area contributed by atoms with E-state index < -0.39 is 123 Å². The molecule has 0 aromatic heterocycles. The van der Waals surface area contributed by atoms with Gasteiger partial charge in [-0.3, -0.25) is 0 Å². The standard InChI is InChI=1S/C23H46N6O13/c24-2-7-13(32)15(34)10(28)21(37-7)40-18-6(27)1-5(26)12(31)20(18)42-23-17(36)19(9(4-30)39-23)41-22-11(29)16(35)14(33)8(3-25)38-22/h5-23,30-36H,1-4,24-29H2/t5-,6+,7-,8+,9+,10+,11-,12-,13+,14-,15+,16+,17-,18+,19-,20-,21+,22-,23-/m0/s1. The Morgan fingerprint density at radius 1 is 0.524 bits per heavy atom. The second-order valence-corrected chi connectivity index (χ2v) is 11.2. The minimum absolute atomic E-state index is 0.0889. The van der Waals surface area contributed by atoms with Gasteiger partial charge in [0, 0.05) is 25.2 Å². The van der Waals surface area contributed by atoms with Gasteiger partial charge in [-0.05, 0) is 6.42 Å². The molecule has 42 heavy (non-hydrogen) atoms. The van der Waals surface area contributed by atoms with Crippen molar-refractivity contribution >= 4 is 0 Å². The minimum atomic E-state index is -1.60. The van der Waals surface area contributed by atoms with Crippen LogP contribution in [0.3, 0.4) is 0 Å². The largest absolute Gasteiger partial charge is 0.394 e. The summed E-state index contributed by atoms with van der Waals surface area (Å²) in [5.41, 5.74) is 35.6. The van der Waals surface area contributed by atoms with Gasteiger partial charge in [-0.25, -0.2) is 0 Å². The van der Waals surface area contributed by atoms with Crippen LogP contribution in [0.4, 0.5) is 0 Å². The molecule has 0 radical (unpaired) electrons. The molecule has 4 fully saturated rings. The molecular formula is C23H46N6O13. The van der Waals surface area contributed by atoms with Crippen molar-refractivity contribution < 1.29 is 64.2 Å². The molecule has 0 aromatic carbocycles. The lowest BCUT2D eigenvalue weighted by Crippen LogP contribution is -2.68. The van der Waals surface area contributed by atoms with Crippen molar-refractivity contribution in [2.75, 3.05) is 19.7 Å². The van der Waals surface area contributed by atoms with Crippen LogP contribution >= 0.6 is 0 Å². The normalized spacial score (nSPS) is 53.8. The van der Waals surface area contributed by atoms with Crippen LogP contribution in [0.2, 0.25) is 0 Å². The van der Waals surface area contributed by atoms with Gasteiger partial charge in [-0.1, -0.05) is 0 Å². The van der Waals surface area contributed by atoms with Crippen molar-refractivity contribution in [1.82, 2.24) is 0 Å². The number of aliphatic hydroxyl groups excluding tert-OH is 7. The summed E-state index contributed by atoms with van der Waals surface area (Å²) >= 11 is 0. The molecule has 3 aliphatic heterocycles. The maximum absolute atomic E-state index is 11.1. The van der Waals surface area contributed by atoms with Crippen molar-refractivity contribution in [2.24, 2.45) is 34.4 Å². The molecule has 0 unspecified atom stereocenters. The highest BCUT2D eigenvalue weighted by Crippen LogP contribution is 2.34. The summed E-state index contributed by atoms with van der Waals surface area (Å²) in [4.78, 5) is 0. The number of rotatable bonds is 9. The number of ether oxygens (including phenoxy) is 6. The van der Waals surface area contributed by atoms with Gasteiger partial charge in [0.15, 0.2) is 18.9 Å². The summed E-state index contributed by atoms with van der Waals surface area (Å²) in [6.07, 6.45) is -19.8. The van der Waals surface area contributed by atoms with Crippen LogP contribution in [0, 0.1) is 0 Å². The molecule has 0 spiro atoms. The average molecular weight is 615 g/mol. The van der Waals surface area contributed by atoms with Crippen LogP contribution in [0.15, 0.2) is 0 Å². The molecule has 3 saturated heterocycles. The van der Waals surface area contributed by atoms with Gasteiger partial charge in [0.2, 0.25) is 0 Å². The summed E-state index contributed by atoms with van der Waals surface area (Å²) in [5.74, 6) is 0. The third-order valence-corrected chi connectivity index (χ3v) is 8.37. The van der Waals surface area contributed by atoms with Gasteiger partial charge < -0.3 is 98.6 Å². The first-order valence-corrected chi connectivity index (χ1v) is 13.9. The Hall–Kier alpha value is -0.760. The third kappa shape index (κ3) is 6.60. The fourth-order valence-electron chi connectivity index (χ4n) is 5.74. The topological polar surface area (TPSA) is 353 Å². The molecule has 0 amide bonds. The maximum atomic E-state index is 11.1. The highest BCUT2D eigenvalue weighted by molar-refractivity contribution is 5.02. The first kappa shape index (κ1) is 34.1. The molecule has 19 nitrogen and oxygen atoms in total. The van der Waals surface area contributed by atoms with E-state index in [1.54, 1.807) is 0 Å². The highest BCUT2D eigenvalue weighted by atomic mass is 16.8. The van der Waals surface area contributed by atoms with Gasteiger partial charge in [0.25, 0.3) is 0 Å². The first-order chi connectivity index (χ1) is 19.8. The summed E-state index contributed by atoms with van der Waals surface area (Å²) < 4.78 is 34.6. The Bertz CT molecular complexity index is 868.